The van der Waals surface area contributed by atoms with E-state index in [-0.39, 0.29) is 0 Å². The number of hydrogen-bond donors (Lipinski definition) is 1. The van der Waals surface area contributed by atoms with Crippen LogP contribution in [0.3, 0.4) is 0 Å². The summed E-state index contributed by atoms with van der Waals surface area (Å²) in [5, 5.41) is 18.9. The molecule has 0 spiro atoms. The Morgan fingerprint density at radius 2 is 1.91 bits per heavy atom. The number of benzene rings is 1. The van der Waals surface area contributed by atoms with Gasteiger partial charge in [-0.15, -0.1) is 0 Å². The molecule has 2 heterocycles. The zero-order valence-electron chi connectivity index (χ0n) is 18.6. The number of aryl methyl sites for hydroxylation is 1. The van der Waals surface area contributed by atoms with E-state index >= 15 is 0 Å². The van der Waals surface area contributed by atoms with Gasteiger partial charge in [0.25, 0.3) is 0 Å². The number of aromatic carboxylic acids is 1. The van der Waals surface area contributed by atoms with Gasteiger partial charge in [0.2, 0.25) is 0 Å². The number of hydrogen-bond acceptors (Lipinski definition) is 3. The van der Waals surface area contributed by atoms with Crippen molar-refractivity contribution in [2.24, 2.45) is 0 Å². The molecule has 1 unspecified atom stereocenters. The van der Waals surface area contributed by atoms with Crippen molar-refractivity contribution in [2.45, 2.75) is 82.1 Å². The molecule has 0 saturated heterocycles. The van der Waals surface area contributed by atoms with Gasteiger partial charge in [0.05, 0.1) is 29.8 Å². The van der Waals surface area contributed by atoms with Crippen LogP contribution in [0.5, 0.6) is 0 Å². The van der Waals surface area contributed by atoms with Crippen molar-refractivity contribution in [3.05, 3.63) is 64.7 Å². The van der Waals surface area contributed by atoms with Crippen LogP contribution >= 0.6 is 0 Å². The molecule has 2 fully saturated rings. The fourth-order valence-corrected chi connectivity index (χ4v) is 6.02. The minimum atomic E-state index is -0.884. The summed E-state index contributed by atoms with van der Waals surface area (Å²) in [6.07, 6.45) is 12.8. The topological polar surface area (TPSA) is 72.9 Å². The van der Waals surface area contributed by atoms with Crippen LogP contribution in [-0.4, -0.2) is 30.6 Å². The maximum Gasteiger partial charge on any atom is 0.339 e. The van der Waals surface area contributed by atoms with Crippen LogP contribution in [-0.2, 0) is 6.42 Å². The van der Waals surface area contributed by atoms with Crippen molar-refractivity contribution in [1.29, 1.82) is 0 Å². The van der Waals surface area contributed by atoms with E-state index in [0.717, 1.165) is 30.6 Å². The molecule has 166 valence electrons. The highest BCUT2D eigenvalue weighted by atomic mass is 16.4. The summed E-state index contributed by atoms with van der Waals surface area (Å²) in [6, 6.07) is 9.07. The Morgan fingerprint density at radius 1 is 1.03 bits per heavy atom. The molecule has 3 aliphatic carbocycles. The number of nitrogens with zero attached hydrogens (tertiary/aromatic N) is 4. The highest BCUT2D eigenvalue weighted by molar-refractivity contribution is 5.89. The smallest absolute Gasteiger partial charge is 0.339 e. The standard InChI is InChI=1S/C26H30N4O2/c1-16-8-9-20-14-27-29(24(16)20)21-6-2-4-18(12-21)19-5-3-7-22(13-19)30-25(17-10-11-17)23(15-28-30)26(31)32/h3,5,7,13-18,21H,2,4,6,8-12H2,1H3,(H,31,32)/t16?,18-,21+/m0/s1. The Kier molecular flexibility index (Phi) is 4.70. The maximum absolute atomic E-state index is 11.7. The molecule has 2 aromatic heterocycles. The van der Waals surface area contributed by atoms with Crippen LogP contribution in [0.25, 0.3) is 5.69 Å². The van der Waals surface area contributed by atoms with Crippen LogP contribution in [0.2, 0.25) is 0 Å². The summed E-state index contributed by atoms with van der Waals surface area (Å²) < 4.78 is 4.22. The molecule has 32 heavy (non-hydrogen) atoms. The summed E-state index contributed by atoms with van der Waals surface area (Å²) in [5.74, 6) is 0.532. The predicted molar refractivity (Wildman–Crippen MR) is 122 cm³/mol. The molecule has 2 saturated carbocycles. The molecule has 3 aliphatic rings. The van der Waals surface area contributed by atoms with E-state index < -0.39 is 5.97 Å². The van der Waals surface area contributed by atoms with Gasteiger partial charge in [-0.3, -0.25) is 4.68 Å². The first-order chi connectivity index (χ1) is 15.6. The summed E-state index contributed by atoms with van der Waals surface area (Å²) in [5.41, 5.74) is 6.43. The number of carboxylic acids is 1. The van der Waals surface area contributed by atoms with Crippen LogP contribution in [0.4, 0.5) is 0 Å². The van der Waals surface area contributed by atoms with Gasteiger partial charge in [0, 0.05) is 11.6 Å². The lowest BCUT2D eigenvalue weighted by Gasteiger charge is -2.31. The highest BCUT2D eigenvalue weighted by Gasteiger charge is 2.34. The number of fused-ring (bicyclic) bond motifs is 1. The highest BCUT2D eigenvalue weighted by Crippen LogP contribution is 2.44. The monoisotopic (exact) mass is 430 g/mol. The summed E-state index contributed by atoms with van der Waals surface area (Å²) in [4.78, 5) is 11.7. The first-order valence-electron chi connectivity index (χ1n) is 12.1. The Balaban J connectivity index is 1.29. The molecular formula is C26H30N4O2. The number of carboxylic acid groups (broad SMARTS) is 1. The summed E-state index contributed by atoms with van der Waals surface area (Å²) >= 11 is 0. The van der Waals surface area contributed by atoms with Crippen LogP contribution < -0.4 is 0 Å². The third-order valence-electron chi connectivity index (χ3n) is 7.81. The van der Waals surface area contributed by atoms with Crippen molar-refractivity contribution in [2.75, 3.05) is 0 Å². The molecule has 3 aromatic rings. The number of rotatable bonds is 5. The fourth-order valence-electron chi connectivity index (χ4n) is 6.02. The lowest BCUT2D eigenvalue weighted by Crippen LogP contribution is -2.21. The third kappa shape index (κ3) is 3.28. The SMILES string of the molecule is CC1CCc2cnn([C@@H]3CCC[C@H](c4cccc(-n5ncc(C(=O)O)c5C5CC5)c4)C3)c21. The molecule has 1 N–H and O–H groups in total. The van der Waals surface area contributed by atoms with Crippen molar-refractivity contribution < 1.29 is 9.90 Å². The molecule has 3 atom stereocenters. The van der Waals surface area contributed by atoms with Gasteiger partial charge in [0.15, 0.2) is 0 Å². The van der Waals surface area contributed by atoms with Crippen molar-refractivity contribution in [1.82, 2.24) is 19.6 Å². The van der Waals surface area contributed by atoms with E-state index in [9.17, 15) is 9.90 Å². The van der Waals surface area contributed by atoms with Gasteiger partial charge in [-0.25, -0.2) is 9.48 Å². The first kappa shape index (κ1) is 19.8. The minimum absolute atomic E-state index is 0.315. The fraction of sp³-hybridized carbons (Fsp3) is 0.500. The Labute approximate surface area is 188 Å². The average Bonchev–Trinajstić information content (AvgIpc) is 3.24. The predicted octanol–water partition coefficient (Wildman–Crippen LogP) is 5.59. The van der Waals surface area contributed by atoms with Crippen molar-refractivity contribution in [3.8, 4) is 5.69 Å². The maximum atomic E-state index is 11.7. The van der Waals surface area contributed by atoms with Gasteiger partial charge >= 0.3 is 5.97 Å². The summed E-state index contributed by atoms with van der Waals surface area (Å²) in [6.45, 7) is 2.33. The quantitative estimate of drug-likeness (QED) is 0.572. The Morgan fingerprint density at radius 3 is 2.72 bits per heavy atom. The van der Waals surface area contributed by atoms with Crippen molar-refractivity contribution in [3.63, 3.8) is 0 Å². The molecule has 0 bridgehead atoms. The van der Waals surface area contributed by atoms with E-state index in [4.69, 9.17) is 5.10 Å². The molecule has 0 amide bonds. The van der Waals surface area contributed by atoms with Crippen LogP contribution in [0.1, 0.15) is 109 Å². The zero-order chi connectivity index (χ0) is 21.8. The largest absolute Gasteiger partial charge is 0.478 e. The van der Waals surface area contributed by atoms with E-state index in [1.807, 2.05) is 4.68 Å². The first-order valence-corrected chi connectivity index (χ1v) is 12.1. The number of carbonyl (C=O) groups is 1. The number of aromatic nitrogens is 4. The summed E-state index contributed by atoms with van der Waals surface area (Å²) in [7, 11) is 0. The average molecular weight is 431 g/mol. The third-order valence-corrected chi connectivity index (χ3v) is 7.81. The molecule has 0 aliphatic heterocycles. The van der Waals surface area contributed by atoms with Crippen LogP contribution in [0, 0.1) is 0 Å². The molecule has 6 heteroatoms. The van der Waals surface area contributed by atoms with Gasteiger partial charge in [-0.2, -0.15) is 10.2 Å². The van der Waals surface area contributed by atoms with Crippen molar-refractivity contribution >= 4 is 5.97 Å². The lowest BCUT2D eigenvalue weighted by atomic mass is 9.81. The van der Waals surface area contributed by atoms with E-state index in [1.165, 1.54) is 55.1 Å². The second kappa shape index (κ2) is 7.61. The molecular weight excluding hydrogens is 400 g/mol. The van der Waals surface area contributed by atoms with E-state index in [1.54, 1.807) is 0 Å². The van der Waals surface area contributed by atoms with Gasteiger partial charge in [-0.05, 0) is 80.0 Å². The minimum Gasteiger partial charge on any atom is -0.478 e. The lowest BCUT2D eigenvalue weighted by molar-refractivity contribution is 0.0695. The van der Waals surface area contributed by atoms with Gasteiger partial charge in [0.1, 0.15) is 5.56 Å². The second-order valence-electron chi connectivity index (χ2n) is 9.99. The van der Waals surface area contributed by atoms with Gasteiger partial charge in [-0.1, -0.05) is 25.5 Å². The molecule has 0 radical (unpaired) electrons. The second-order valence-corrected chi connectivity index (χ2v) is 9.99. The van der Waals surface area contributed by atoms with E-state index in [0.29, 0.717) is 29.4 Å². The molecule has 6 rings (SSSR count). The molecule has 1 aromatic carbocycles. The molecule has 6 nitrogen and oxygen atoms in total. The van der Waals surface area contributed by atoms with Gasteiger partial charge < -0.3 is 5.11 Å². The Bertz CT molecular complexity index is 1170. The zero-order valence-corrected chi connectivity index (χ0v) is 18.6. The van der Waals surface area contributed by atoms with E-state index in [2.05, 4.69) is 47.2 Å². The van der Waals surface area contributed by atoms with Crippen LogP contribution in [0.15, 0.2) is 36.7 Å². The Hall–Kier alpha value is -2.89. The normalized spacial score (nSPS) is 25.1.